The third kappa shape index (κ3) is 3.63. The van der Waals surface area contributed by atoms with Crippen molar-refractivity contribution in [2.75, 3.05) is 0 Å². The van der Waals surface area contributed by atoms with E-state index >= 15 is 0 Å². The van der Waals surface area contributed by atoms with Crippen LogP contribution in [-0.4, -0.2) is 20.3 Å². The van der Waals surface area contributed by atoms with Crippen molar-refractivity contribution in [3.8, 4) is 0 Å². The predicted molar refractivity (Wildman–Crippen MR) is 30.3 cm³/mol. The summed E-state index contributed by atoms with van der Waals surface area (Å²) in [5.74, 6) is 0. The molecule has 0 heterocycles. The molecule has 0 fully saturated rings. The molecule has 0 bridgehead atoms. The van der Waals surface area contributed by atoms with Gasteiger partial charge in [-0.3, -0.25) is 0 Å². The zero-order valence-corrected chi connectivity index (χ0v) is 5.22. The van der Waals surface area contributed by atoms with Crippen LogP contribution < -0.4 is 0 Å². The van der Waals surface area contributed by atoms with Crippen LogP contribution in [0.15, 0.2) is 12.2 Å². The van der Waals surface area contributed by atoms with E-state index in [1.165, 1.54) is 9.85 Å². The van der Waals surface area contributed by atoms with E-state index in [0.29, 0.717) is 5.35 Å². The molecule has 34 valence electrons. The average molecular weight is 100 g/mol. The van der Waals surface area contributed by atoms with E-state index in [9.17, 15) is 0 Å². The van der Waals surface area contributed by atoms with Gasteiger partial charge < -0.3 is 5.11 Å². The summed E-state index contributed by atoms with van der Waals surface area (Å²) in [4.78, 5) is 0. The molecule has 0 saturated carbocycles. The minimum absolute atomic E-state index is 0.387. The highest BCUT2D eigenvalue weighted by Gasteiger charge is 1.65. The summed E-state index contributed by atoms with van der Waals surface area (Å²) in [7, 11) is 1.46. The Kier molecular flexibility index (Phi) is 2.67. The van der Waals surface area contributed by atoms with Gasteiger partial charge in [-0.1, -0.05) is 6.08 Å². The standard InChI is InChI=1S/C4H8OSi/c1-2-3-4(5)6/h2-3,5H,6H2,1H3/b3-2+. The van der Waals surface area contributed by atoms with Gasteiger partial charge in [-0.2, -0.15) is 0 Å². The van der Waals surface area contributed by atoms with Gasteiger partial charge in [0.25, 0.3) is 0 Å². The fraction of sp³-hybridized carbons (Fsp3) is 0.250. The van der Waals surface area contributed by atoms with E-state index in [0.717, 1.165) is 0 Å². The number of aliphatic hydroxyl groups is 1. The van der Waals surface area contributed by atoms with E-state index in [2.05, 4.69) is 0 Å². The Morgan fingerprint density at radius 1 is 1.83 bits per heavy atom. The van der Waals surface area contributed by atoms with E-state index in [1.807, 2.05) is 6.92 Å². The van der Waals surface area contributed by atoms with Crippen LogP contribution in [-0.2, 0) is 0 Å². The second kappa shape index (κ2) is 2.84. The topological polar surface area (TPSA) is 20.2 Å². The Hall–Kier alpha value is -0.373. The highest BCUT2D eigenvalue weighted by molar-refractivity contribution is 6.37. The molecule has 0 aliphatic rings. The average Bonchev–Trinajstić information content (AvgIpc) is 1.35. The zero-order chi connectivity index (χ0) is 4.99. The maximum absolute atomic E-state index is 8.39. The van der Waals surface area contributed by atoms with Crippen molar-refractivity contribution in [2.24, 2.45) is 0 Å². The van der Waals surface area contributed by atoms with Gasteiger partial charge in [0, 0.05) is 9.85 Å². The van der Waals surface area contributed by atoms with Crippen molar-refractivity contribution in [1.82, 2.24) is 0 Å². The van der Waals surface area contributed by atoms with E-state index in [-0.39, 0.29) is 0 Å². The van der Waals surface area contributed by atoms with E-state index in [4.69, 9.17) is 5.11 Å². The van der Waals surface area contributed by atoms with Crippen molar-refractivity contribution in [3.05, 3.63) is 12.2 Å². The lowest BCUT2D eigenvalue weighted by Gasteiger charge is -1.77. The molecule has 0 aromatic rings. The lowest BCUT2D eigenvalue weighted by Crippen LogP contribution is -1.85. The molecule has 0 radical (unpaired) electrons. The molecule has 2 heteroatoms. The molecule has 0 rings (SSSR count). The fourth-order valence-electron chi connectivity index (χ4n) is 0.192. The summed E-state index contributed by atoms with van der Waals surface area (Å²) in [6.07, 6.45) is 3.45. The fourth-order valence-corrected chi connectivity index (χ4v) is 0.428. The second-order valence-electron chi connectivity index (χ2n) is 0.991. The summed E-state index contributed by atoms with van der Waals surface area (Å²) < 4.78 is 0. The molecule has 0 spiro atoms. The molecule has 0 unspecified atom stereocenters. The van der Waals surface area contributed by atoms with Crippen LogP contribution in [0.3, 0.4) is 0 Å². The Bertz CT molecular complexity index is 75.6. The maximum atomic E-state index is 8.39. The van der Waals surface area contributed by atoms with Crippen LogP contribution in [0.25, 0.3) is 0 Å². The molecule has 0 aliphatic heterocycles. The van der Waals surface area contributed by atoms with Crippen LogP contribution in [0.4, 0.5) is 0 Å². The minimum atomic E-state index is 0.387. The highest BCUT2D eigenvalue weighted by atomic mass is 28.1. The Morgan fingerprint density at radius 3 is 2.33 bits per heavy atom. The molecule has 1 N–H and O–H groups in total. The molecule has 0 aliphatic carbocycles. The molecule has 0 aromatic carbocycles. The predicted octanol–water partition coefficient (Wildman–Crippen LogP) is -0.302. The van der Waals surface area contributed by atoms with E-state index < -0.39 is 0 Å². The van der Waals surface area contributed by atoms with Crippen LogP contribution >= 0.6 is 0 Å². The molecule has 0 amide bonds. The minimum Gasteiger partial charge on any atom is -0.515 e. The Balaban J connectivity index is 3.30. The summed E-state index contributed by atoms with van der Waals surface area (Å²) in [5.41, 5.74) is 0. The smallest absolute Gasteiger partial charge is 0.0783 e. The number of allylic oxidation sites excluding steroid dienone is 1. The first kappa shape index (κ1) is 5.63. The van der Waals surface area contributed by atoms with Gasteiger partial charge in [-0.05, 0) is 13.0 Å². The van der Waals surface area contributed by atoms with Crippen molar-refractivity contribution < 1.29 is 5.11 Å². The second-order valence-corrected chi connectivity index (χ2v) is 1.72. The Morgan fingerprint density at radius 2 is 2.33 bits per heavy atom. The van der Waals surface area contributed by atoms with Crippen LogP contribution in [0.1, 0.15) is 6.92 Å². The van der Waals surface area contributed by atoms with Gasteiger partial charge in [0.1, 0.15) is 0 Å². The van der Waals surface area contributed by atoms with Crippen molar-refractivity contribution in [3.63, 3.8) is 0 Å². The van der Waals surface area contributed by atoms with Crippen LogP contribution in [0.2, 0.25) is 0 Å². The largest absolute Gasteiger partial charge is 0.515 e. The quantitative estimate of drug-likeness (QED) is 0.448. The molecule has 0 saturated heterocycles. The summed E-state index contributed by atoms with van der Waals surface area (Å²) in [6.45, 7) is 1.87. The monoisotopic (exact) mass is 100 g/mol. The lowest BCUT2D eigenvalue weighted by molar-refractivity contribution is 0.572. The molecule has 0 atom stereocenters. The summed E-state index contributed by atoms with van der Waals surface area (Å²) >= 11 is 0. The van der Waals surface area contributed by atoms with Crippen molar-refractivity contribution in [2.45, 2.75) is 6.92 Å². The zero-order valence-electron chi connectivity index (χ0n) is 3.81. The van der Waals surface area contributed by atoms with Gasteiger partial charge in [-0.25, -0.2) is 0 Å². The normalized spacial score (nSPS) is 9.50. The summed E-state index contributed by atoms with van der Waals surface area (Å²) in [5, 5.41) is 8.78. The first-order chi connectivity index (χ1) is 2.77. The lowest BCUT2D eigenvalue weighted by atomic mass is 10.6. The molecular formula is C4H8OSi. The maximum Gasteiger partial charge on any atom is 0.0783 e. The third-order valence-electron chi connectivity index (χ3n) is 0.359. The van der Waals surface area contributed by atoms with Gasteiger partial charge in [0.2, 0.25) is 0 Å². The first-order valence-electron chi connectivity index (χ1n) is 1.78. The molecule has 1 nitrogen and oxygen atoms in total. The summed E-state index contributed by atoms with van der Waals surface area (Å²) in [6, 6.07) is 0. The van der Waals surface area contributed by atoms with Gasteiger partial charge >= 0.3 is 0 Å². The van der Waals surface area contributed by atoms with Gasteiger partial charge in [0.15, 0.2) is 0 Å². The molecule has 0 aromatic heterocycles. The SMILES string of the molecule is C/C=C/C(O)=[SiH2]. The van der Waals surface area contributed by atoms with Crippen LogP contribution in [0, 0.1) is 0 Å². The van der Waals surface area contributed by atoms with Crippen molar-refractivity contribution in [1.29, 1.82) is 0 Å². The first-order valence-corrected chi connectivity index (χ1v) is 2.48. The van der Waals surface area contributed by atoms with Crippen molar-refractivity contribution >= 4 is 15.2 Å². The molecular weight excluding hydrogens is 92.1 g/mol. The Labute approximate surface area is 40.3 Å². The number of hydrogen-bond acceptors (Lipinski definition) is 1. The van der Waals surface area contributed by atoms with Gasteiger partial charge in [0.05, 0.1) is 5.35 Å². The highest BCUT2D eigenvalue weighted by Crippen LogP contribution is 1.64. The number of rotatable bonds is 1. The number of hydrogen-bond donors (Lipinski definition) is 1. The van der Waals surface area contributed by atoms with E-state index in [1.54, 1.807) is 12.2 Å². The number of aliphatic hydroxyl groups excluding tert-OH is 1. The third-order valence-corrected chi connectivity index (χ3v) is 0.595. The van der Waals surface area contributed by atoms with Gasteiger partial charge in [-0.15, -0.1) is 0 Å². The molecule has 6 heavy (non-hydrogen) atoms. The van der Waals surface area contributed by atoms with Crippen LogP contribution in [0.5, 0.6) is 0 Å².